The van der Waals surface area contributed by atoms with Crippen LogP contribution in [0.3, 0.4) is 0 Å². The van der Waals surface area contributed by atoms with E-state index in [9.17, 15) is 0 Å². The van der Waals surface area contributed by atoms with Crippen molar-refractivity contribution in [3.05, 3.63) is 0 Å². The van der Waals surface area contributed by atoms with Gasteiger partial charge < -0.3 is 9.64 Å². The molecule has 1 fully saturated rings. The highest BCUT2D eigenvalue weighted by molar-refractivity contribution is 4.71. The van der Waals surface area contributed by atoms with E-state index < -0.39 is 0 Å². The summed E-state index contributed by atoms with van der Waals surface area (Å²) in [5.41, 5.74) is 0. The highest BCUT2D eigenvalue weighted by Crippen LogP contribution is 2.13. The van der Waals surface area contributed by atoms with Crippen molar-refractivity contribution >= 4 is 0 Å². The maximum Gasteiger partial charge on any atom is 0.0822 e. The maximum absolute atomic E-state index is 5.11. The van der Waals surface area contributed by atoms with Crippen LogP contribution in [0.15, 0.2) is 0 Å². The second kappa shape index (κ2) is 3.35. The molecule has 2 nitrogen and oxygen atoms in total. The molecule has 0 radical (unpaired) electrons. The Kier molecular flexibility index (Phi) is 2.69. The zero-order valence-corrected chi connectivity index (χ0v) is 7.13. The minimum absolute atomic E-state index is 0.584. The highest BCUT2D eigenvalue weighted by Gasteiger charge is 2.22. The molecule has 0 aromatic rings. The Morgan fingerprint density at radius 1 is 1.60 bits per heavy atom. The number of hydrogen-bond acceptors (Lipinski definition) is 2. The van der Waals surface area contributed by atoms with Crippen LogP contribution < -0.4 is 0 Å². The van der Waals surface area contributed by atoms with Crippen LogP contribution in [-0.4, -0.2) is 37.2 Å². The molecule has 0 saturated carbocycles. The third-order valence-corrected chi connectivity index (χ3v) is 2.09. The Hall–Kier alpha value is -0.0800. The number of hydrogen-bond donors (Lipinski definition) is 0. The topological polar surface area (TPSA) is 15.8 Å². The summed E-state index contributed by atoms with van der Waals surface area (Å²) in [6.07, 6.45) is 1.79. The Morgan fingerprint density at radius 3 is 2.60 bits per heavy atom. The summed E-state index contributed by atoms with van der Waals surface area (Å²) in [5.74, 6) is 0. The molecule has 0 aromatic heterocycles. The van der Waals surface area contributed by atoms with E-state index >= 15 is 0 Å². The molecule has 0 unspecified atom stereocenters. The number of nitrogens with zero attached hydrogens (tertiary/aromatic N) is 1. The van der Waals surface area contributed by atoms with Crippen molar-refractivity contribution < 1.29 is 4.74 Å². The predicted molar refractivity (Wildman–Crippen MR) is 42.1 cm³/mol. The molecular weight excluding hydrogens is 126 g/mol. The van der Waals surface area contributed by atoms with Gasteiger partial charge >= 0.3 is 0 Å². The highest BCUT2D eigenvalue weighted by atomic mass is 16.6. The van der Waals surface area contributed by atoms with Gasteiger partial charge in [-0.3, -0.25) is 0 Å². The van der Waals surface area contributed by atoms with Gasteiger partial charge in [0.15, 0.2) is 0 Å². The van der Waals surface area contributed by atoms with E-state index in [2.05, 4.69) is 25.8 Å². The molecule has 1 atom stereocenters. The average molecular weight is 143 g/mol. The Balaban J connectivity index is 1.99. The molecule has 1 aliphatic heterocycles. The molecule has 60 valence electrons. The molecular formula is C8H17NO. The summed E-state index contributed by atoms with van der Waals surface area (Å²) in [6.45, 7) is 6.59. The zero-order chi connectivity index (χ0) is 7.56. The van der Waals surface area contributed by atoms with Crippen molar-refractivity contribution in [2.24, 2.45) is 0 Å². The molecule has 0 aliphatic carbocycles. The lowest BCUT2D eigenvalue weighted by atomic mass is 10.3. The van der Waals surface area contributed by atoms with Gasteiger partial charge in [-0.2, -0.15) is 0 Å². The lowest BCUT2D eigenvalue weighted by Gasteiger charge is -2.19. The van der Waals surface area contributed by atoms with Crippen molar-refractivity contribution in [2.45, 2.75) is 32.4 Å². The van der Waals surface area contributed by atoms with Crippen molar-refractivity contribution in [1.82, 2.24) is 4.90 Å². The van der Waals surface area contributed by atoms with Crippen LogP contribution in [0.4, 0.5) is 0 Å². The lowest BCUT2D eigenvalue weighted by molar-refractivity contribution is 0.256. The van der Waals surface area contributed by atoms with Crippen LogP contribution in [-0.2, 0) is 4.74 Å². The fraction of sp³-hybridized carbons (Fsp3) is 1.00. The second-order valence-corrected chi connectivity index (χ2v) is 3.32. The van der Waals surface area contributed by atoms with E-state index in [1.54, 1.807) is 0 Å². The molecule has 0 N–H and O–H groups in total. The molecule has 1 aliphatic rings. The quantitative estimate of drug-likeness (QED) is 0.548. The summed E-state index contributed by atoms with van der Waals surface area (Å²) >= 11 is 0. The van der Waals surface area contributed by atoms with E-state index in [0.29, 0.717) is 12.1 Å². The van der Waals surface area contributed by atoms with Crippen LogP contribution in [0.1, 0.15) is 20.3 Å². The maximum atomic E-state index is 5.11. The molecule has 0 aromatic carbocycles. The van der Waals surface area contributed by atoms with Crippen LogP contribution in [0, 0.1) is 0 Å². The van der Waals surface area contributed by atoms with Crippen molar-refractivity contribution in [2.75, 3.05) is 20.2 Å². The third kappa shape index (κ3) is 2.67. The molecule has 0 spiro atoms. The lowest BCUT2D eigenvalue weighted by Crippen LogP contribution is -2.27. The second-order valence-electron chi connectivity index (χ2n) is 3.32. The minimum Gasteiger partial charge on any atom is -0.373 e. The first-order chi connectivity index (χ1) is 4.70. The predicted octanol–water partition coefficient (Wildman–Crippen LogP) is 1.12. The molecule has 1 heterocycles. The smallest absolute Gasteiger partial charge is 0.0822 e. The monoisotopic (exact) mass is 143 g/mol. The molecule has 0 bridgehead atoms. The number of ether oxygens (including phenoxy) is 1. The fourth-order valence-electron chi connectivity index (χ4n) is 0.841. The van der Waals surface area contributed by atoms with Crippen LogP contribution >= 0.6 is 0 Å². The van der Waals surface area contributed by atoms with Crippen molar-refractivity contribution in [3.8, 4) is 0 Å². The third-order valence-electron chi connectivity index (χ3n) is 2.09. The van der Waals surface area contributed by atoms with Gasteiger partial charge in [0.05, 0.1) is 12.7 Å². The summed E-state index contributed by atoms with van der Waals surface area (Å²) in [5, 5.41) is 0. The van der Waals surface area contributed by atoms with Crippen LogP contribution in [0.5, 0.6) is 0 Å². The van der Waals surface area contributed by atoms with Gasteiger partial charge in [0.1, 0.15) is 0 Å². The minimum atomic E-state index is 0.584. The van der Waals surface area contributed by atoms with Gasteiger partial charge in [-0.25, -0.2) is 0 Å². The average Bonchev–Trinajstić information content (AvgIpc) is 2.64. The standard InChI is InChI=1S/C8H17NO/c1-7(2)9(3)5-4-8-6-10-8/h7-8H,4-6H2,1-3H3/t8-/m1/s1. The van der Waals surface area contributed by atoms with Gasteiger partial charge in [-0.15, -0.1) is 0 Å². The van der Waals surface area contributed by atoms with Gasteiger partial charge in [0, 0.05) is 12.6 Å². The normalized spacial score (nSPS) is 24.3. The van der Waals surface area contributed by atoms with Crippen LogP contribution in [0.25, 0.3) is 0 Å². The summed E-state index contributed by atoms with van der Waals surface area (Å²) in [4.78, 5) is 2.35. The van der Waals surface area contributed by atoms with Gasteiger partial charge in [0.25, 0.3) is 0 Å². The molecule has 0 amide bonds. The van der Waals surface area contributed by atoms with Gasteiger partial charge in [0.2, 0.25) is 0 Å². The van der Waals surface area contributed by atoms with Gasteiger partial charge in [-0.05, 0) is 27.3 Å². The van der Waals surface area contributed by atoms with E-state index in [1.807, 2.05) is 0 Å². The SMILES string of the molecule is CC(C)N(C)CC[C@@H]1CO1. The molecule has 1 rings (SSSR count). The fourth-order valence-corrected chi connectivity index (χ4v) is 0.841. The van der Waals surface area contributed by atoms with E-state index in [0.717, 1.165) is 6.61 Å². The van der Waals surface area contributed by atoms with Crippen LogP contribution in [0.2, 0.25) is 0 Å². The molecule has 2 heteroatoms. The first kappa shape index (κ1) is 8.02. The number of rotatable bonds is 4. The largest absolute Gasteiger partial charge is 0.373 e. The van der Waals surface area contributed by atoms with E-state index in [1.165, 1.54) is 13.0 Å². The van der Waals surface area contributed by atoms with Crippen molar-refractivity contribution in [1.29, 1.82) is 0 Å². The van der Waals surface area contributed by atoms with Gasteiger partial charge in [-0.1, -0.05) is 0 Å². The first-order valence-electron chi connectivity index (χ1n) is 4.02. The first-order valence-corrected chi connectivity index (χ1v) is 4.02. The zero-order valence-electron chi connectivity index (χ0n) is 7.13. The summed E-state index contributed by atoms with van der Waals surface area (Å²) in [7, 11) is 2.16. The Morgan fingerprint density at radius 2 is 2.20 bits per heavy atom. The van der Waals surface area contributed by atoms with Crippen molar-refractivity contribution in [3.63, 3.8) is 0 Å². The summed E-state index contributed by atoms with van der Waals surface area (Å²) < 4.78 is 5.11. The van der Waals surface area contributed by atoms with E-state index in [-0.39, 0.29) is 0 Å². The Bertz CT molecular complexity index is 99.4. The number of epoxide rings is 1. The summed E-state index contributed by atoms with van der Waals surface area (Å²) in [6, 6.07) is 0.666. The Labute approximate surface area is 63.2 Å². The molecule has 1 saturated heterocycles. The van der Waals surface area contributed by atoms with E-state index in [4.69, 9.17) is 4.74 Å². The molecule has 10 heavy (non-hydrogen) atoms.